The molecular weight excluding hydrogens is 304 g/mol. The van der Waals surface area contributed by atoms with Gasteiger partial charge in [0.15, 0.2) is 0 Å². The third kappa shape index (κ3) is 5.76. The second-order valence-corrected chi connectivity index (χ2v) is 6.37. The number of urea groups is 1. The van der Waals surface area contributed by atoms with E-state index in [0.717, 1.165) is 24.5 Å². The SMILES string of the molecule is CN(C)C(=O)CCNC(=O)Nc1cccc(N2CCCCCC2)c1. The summed E-state index contributed by atoms with van der Waals surface area (Å²) in [4.78, 5) is 27.3. The lowest BCUT2D eigenvalue weighted by Crippen LogP contribution is -2.33. The van der Waals surface area contributed by atoms with Crippen molar-refractivity contribution in [2.24, 2.45) is 0 Å². The fourth-order valence-electron chi connectivity index (χ4n) is 2.79. The number of anilines is 2. The van der Waals surface area contributed by atoms with Crippen LogP contribution in [0.1, 0.15) is 32.1 Å². The van der Waals surface area contributed by atoms with Gasteiger partial charge in [-0.15, -0.1) is 0 Å². The van der Waals surface area contributed by atoms with E-state index in [0.29, 0.717) is 13.0 Å². The second-order valence-electron chi connectivity index (χ2n) is 6.37. The first kappa shape index (κ1) is 18.1. The van der Waals surface area contributed by atoms with Crippen LogP contribution in [0.2, 0.25) is 0 Å². The molecule has 0 unspecified atom stereocenters. The van der Waals surface area contributed by atoms with Crippen LogP contribution in [-0.4, -0.2) is 50.6 Å². The molecule has 1 heterocycles. The molecular formula is C18H28N4O2. The zero-order valence-electron chi connectivity index (χ0n) is 14.7. The first-order valence-electron chi connectivity index (χ1n) is 8.66. The van der Waals surface area contributed by atoms with Gasteiger partial charge in [0, 0.05) is 51.5 Å². The quantitative estimate of drug-likeness (QED) is 0.871. The molecule has 0 saturated carbocycles. The lowest BCUT2D eigenvalue weighted by Gasteiger charge is -2.23. The molecule has 1 aliphatic rings. The predicted octanol–water partition coefficient (Wildman–Crippen LogP) is 2.67. The van der Waals surface area contributed by atoms with Crippen LogP contribution in [-0.2, 0) is 4.79 Å². The molecule has 1 aromatic carbocycles. The molecule has 6 heteroatoms. The molecule has 1 saturated heterocycles. The first-order valence-corrected chi connectivity index (χ1v) is 8.66. The Kier molecular flexibility index (Phi) is 6.90. The van der Waals surface area contributed by atoms with Gasteiger partial charge >= 0.3 is 6.03 Å². The molecule has 1 aliphatic heterocycles. The summed E-state index contributed by atoms with van der Waals surface area (Å²) in [6.07, 6.45) is 5.33. The lowest BCUT2D eigenvalue weighted by molar-refractivity contribution is -0.128. The van der Waals surface area contributed by atoms with Crippen LogP contribution in [0.4, 0.5) is 16.2 Å². The highest BCUT2D eigenvalue weighted by molar-refractivity contribution is 5.90. The van der Waals surface area contributed by atoms with Gasteiger partial charge in [-0.2, -0.15) is 0 Å². The van der Waals surface area contributed by atoms with Crippen molar-refractivity contribution < 1.29 is 9.59 Å². The number of benzene rings is 1. The Morgan fingerprint density at radius 1 is 1.12 bits per heavy atom. The van der Waals surface area contributed by atoms with Gasteiger partial charge in [0.25, 0.3) is 0 Å². The lowest BCUT2D eigenvalue weighted by atomic mass is 10.2. The van der Waals surface area contributed by atoms with Gasteiger partial charge in [-0.1, -0.05) is 18.9 Å². The van der Waals surface area contributed by atoms with Crippen LogP contribution in [0.25, 0.3) is 0 Å². The van der Waals surface area contributed by atoms with Gasteiger partial charge in [0.2, 0.25) is 5.91 Å². The fraction of sp³-hybridized carbons (Fsp3) is 0.556. The number of hydrogen-bond donors (Lipinski definition) is 2. The van der Waals surface area contributed by atoms with E-state index < -0.39 is 0 Å². The number of nitrogens with one attached hydrogen (secondary N) is 2. The molecule has 2 N–H and O–H groups in total. The van der Waals surface area contributed by atoms with Crippen LogP contribution < -0.4 is 15.5 Å². The average Bonchev–Trinajstić information content (AvgIpc) is 2.84. The van der Waals surface area contributed by atoms with Crippen molar-refractivity contribution in [2.45, 2.75) is 32.1 Å². The molecule has 6 nitrogen and oxygen atoms in total. The summed E-state index contributed by atoms with van der Waals surface area (Å²) in [5.41, 5.74) is 1.92. The Morgan fingerprint density at radius 3 is 2.50 bits per heavy atom. The summed E-state index contributed by atoms with van der Waals surface area (Å²) >= 11 is 0. The van der Waals surface area contributed by atoms with E-state index >= 15 is 0 Å². The summed E-state index contributed by atoms with van der Waals surface area (Å²) < 4.78 is 0. The van der Waals surface area contributed by atoms with Crippen LogP contribution in [0, 0.1) is 0 Å². The molecule has 1 fully saturated rings. The Hall–Kier alpha value is -2.24. The summed E-state index contributed by atoms with van der Waals surface area (Å²) in [5, 5.41) is 5.55. The maximum Gasteiger partial charge on any atom is 0.319 e. The van der Waals surface area contributed by atoms with E-state index in [-0.39, 0.29) is 11.9 Å². The largest absolute Gasteiger partial charge is 0.371 e. The fourth-order valence-corrected chi connectivity index (χ4v) is 2.79. The van der Waals surface area contributed by atoms with Crippen molar-refractivity contribution in [3.63, 3.8) is 0 Å². The topological polar surface area (TPSA) is 64.7 Å². The normalized spacial score (nSPS) is 14.7. The Labute approximate surface area is 144 Å². The van der Waals surface area contributed by atoms with Gasteiger partial charge in [0.05, 0.1) is 0 Å². The van der Waals surface area contributed by atoms with Crippen molar-refractivity contribution in [2.75, 3.05) is 43.9 Å². The van der Waals surface area contributed by atoms with Crippen LogP contribution >= 0.6 is 0 Å². The van der Waals surface area contributed by atoms with Crippen LogP contribution in [0.15, 0.2) is 24.3 Å². The summed E-state index contributed by atoms with van der Waals surface area (Å²) in [6, 6.07) is 7.66. The van der Waals surface area contributed by atoms with E-state index in [1.807, 2.05) is 18.2 Å². The number of rotatable bonds is 5. The van der Waals surface area contributed by atoms with Crippen LogP contribution in [0.5, 0.6) is 0 Å². The van der Waals surface area contributed by atoms with Crippen molar-refractivity contribution in [3.8, 4) is 0 Å². The van der Waals surface area contributed by atoms with Gasteiger partial charge in [-0.3, -0.25) is 4.79 Å². The third-order valence-corrected chi connectivity index (χ3v) is 4.20. The third-order valence-electron chi connectivity index (χ3n) is 4.20. The highest BCUT2D eigenvalue weighted by Gasteiger charge is 2.11. The summed E-state index contributed by atoms with van der Waals surface area (Å²) in [5.74, 6) is -0.00143. The molecule has 1 aromatic rings. The Bertz CT molecular complexity index is 552. The monoisotopic (exact) mass is 332 g/mol. The molecule has 0 spiro atoms. The molecule has 0 atom stereocenters. The Balaban J connectivity index is 1.84. The van der Waals surface area contributed by atoms with E-state index in [4.69, 9.17) is 0 Å². The molecule has 132 valence electrons. The minimum absolute atomic E-state index is 0.00143. The van der Waals surface area contributed by atoms with Crippen LogP contribution in [0.3, 0.4) is 0 Å². The van der Waals surface area contributed by atoms with Gasteiger partial charge in [-0.05, 0) is 31.0 Å². The van der Waals surface area contributed by atoms with Gasteiger partial charge in [-0.25, -0.2) is 4.79 Å². The maximum absolute atomic E-state index is 11.9. The number of hydrogen-bond acceptors (Lipinski definition) is 3. The number of amides is 3. The van der Waals surface area contributed by atoms with Gasteiger partial charge in [0.1, 0.15) is 0 Å². The van der Waals surface area contributed by atoms with Crippen molar-refractivity contribution in [3.05, 3.63) is 24.3 Å². The average molecular weight is 332 g/mol. The molecule has 2 rings (SSSR count). The molecule has 0 bridgehead atoms. The van der Waals surface area contributed by atoms with E-state index in [1.54, 1.807) is 14.1 Å². The van der Waals surface area contributed by atoms with Crippen molar-refractivity contribution in [1.29, 1.82) is 0 Å². The zero-order valence-corrected chi connectivity index (χ0v) is 14.7. The Morgan fingerprint density at radius 2 is 1.83 bits per heavy atom. The van der Waals surface area contributed by atoms with E-state index in [9.17, 15) is 9.59 Å². The number of nitrogens with zero attached hydrogens (tertiary/aromatic N) is 2. The molecule has 24 heavy (non-hydrogen) atoms. The highest BCUT2D eigenvalue weighted by Crippen LogP contribution is 2.22. The predicted molar refractivity (Wildman–Crippen MR) is 97.5 cm³/mol. The summed E-state index contributed by atoms with van der Waals surface area (Å²) in [7, 11) is 3.41. The minimum atomic E-state index is -0.283. The second kappa shape index (κ2) is 9.15. The first-order chi connectivity index (χ1) is 11.6. The van der Waals surface area contributed by atoms with E-state index in [1.165, 1.54) is 30.6 Å². The molecule has 3 amide bonds. The maximum atomic E-state index is 11.9. The van der Waals surface area contributed by atoms with E-state index in [2.05, 4.69) is 21.6 Å². The van der Waals surface area contributed by atoms with Crippen molar-refractivity contribution in [1.82, 2.24) is 10.2 Å². The number of carbonyl (C=O) groups excluding carboxylic acids is 2. The molecule has 0 aliphatic carbocycles. The summed E-state index contributed by atoms with van der Waals surface area (Å²) in [6.45, 7) is 2.47. The highest BCUT2D eigenvalue weighted by atomic mass is 16.2. The molecule has 0 radical (unpaired) electrons. The van der Waals surface area contributed by atoms with Crippen molar-refractivity contribution >= 4 is 23.3 Å². The minimum Gasteiger partial charge on any atom is -0.371 e. The smallest absolute Gasteiger partial charge is 0.319 e. The molecule has 0 aromatic heterocycles. The zero-order chi connectivity index (χ0) is 17.4. The van der Waals surface area contributed by atoms with Gasteiger partial charge < -0.3 is 20.4 Å². The number of carbonyl (C=O) groups is 2. The standard InChI is InChI=1S/C18H28N4O2/c1-21(2)17(23)10-11-19-18(24)20-15-8-7-9-16(14-15)22-12-5-3-4-6-13-22/h7-9,14H,3-6,10-13H2,1-2H3,(H2,19,20,24).